The Labute approximate surface area is 141 Å². The molecule has 1 aromatic carbocycles. The summed E-state index contributed by atoms with van der Waals surface area (Å²) in [6.07, 6.45) is 1.40. The zero-order valence-electron chi connectivity index (χ0n) is 12.8. The van der Waals surface area contributed by atoms with E-state index in [2.05, 4.69) is 15.0 Å². The summed E-state index contributed by atoms with van der Waals surface area (Å²) in [5.74, 6) is 0.112. The van der Waals surface area contributed by atoms with E-state index in [1.165, 1.54) is 12.4 Å². The molecule has 0 aliphatic rings. The van der Waals surface area contributed by atoms with Crippen molar-refractivity contribution in [1.29, 1.82) is 0 Å². The van der Waals surface area contributed by atoms with Crippen molar-refractivity contribution < 1.29 is 4.39 Å². The minimum absolute atomic E-state index is 0.248. The molecule has 0 radical (unpaired) electrons. The summed E-state index contributed by atoms with van der Waals surface area (Å²) in [6, 6.07) is 11.0. The predicted octanol–water partition coefficient (Wildman–Crippen LogP) is 4.45. The summed E-state index contributed by atoms with van der Waals surface area (Å²) in [4.78, 5) is 13.9. The number of fused-ring (bicyclic) bond motifs is 1. The van der Waals surface area contributed by atoms with Crippen LogP contribution in [0.4, 0.5) is 10.2 Å². The van der Waals surface area contributed by atoms with E-state index in [1.807, 2.05) is 29.6 Å². The molecule has 0 bridgehead atoms. The molecule has 3 heterocycles. The van der Waals surface area contributed by atoms with Crippen LogP contribution in [0.1, 0.15) is 5.56 Å². The fourth-order valence-electron chi connectivity index (χ4n) is 2.59. The SMILES string of the molecule is Cc1ccc(-c2cc3c(N)ncnc3nc2-c2cccs2)cc1F. The molecule has 0 saturated carbocycles. The maximum Gasteiger partial charge on any atom is 0.165 e. The summed E-state index contributed by atoms with van der Waals surface area (Å²) in [7, 11) is 0. The average molecular weight is 336 g/mol. The van der Waals surface area contributed by atoms with Gasteiger partial charge in [0.2, 0.25) is 0 Å². The van der Waals surface area contributed by atoms with Gasteiger partial charge >= 0.3 is 0 Å². The molecule has 0 aliphatic heterocycles. The van der Waals surface area contributed by atoms with Gasteiger partial charge in [0.05, 0.1) is 16.0 Å². The molecule has 0 saturated heterocycles. The number of pyridine rings is 1. The van der Waals surface area contributed by atoms with Crippen LogP contribution in [0.5, 0.6) is 0 Å². The van der Waals surface area contributed by atoms with Crippen molar-refractivity contribution in [2.45, 2.75) is 6.92 Å². The monoisotopic (exact) mass is 336 g/mol. The summed E-state index contributed by atoms with van der Waals surface area (Å²) in [5.41, 5.74) is 9.42. The molecule has 0 unspecified atom stereocenters. The molecule has 3 aromatic heterocycles. The van der Waals surface area contributed by atoms with Crippen molar-refractivity contribution in [3.63, 3.8) is 0 Å². The fourth-order valence-corrected chi connectivity index (χ4v) is 3.32. The lowest BCUT2D eigenvalue weighted by atomic mass is 10.00. The van der Waals surface area contributed by atoms with Crippen LogP contribution in [0.2, 0.25) is 0 Å². The van der Waals surface area contributed by atoms with Gasteiger partial charge in [0.15, 0.2) is 5.65 Å². The smallest absolute Gasteiger partial charge is 0.165 e. The number of thiophene rings is 1. The minimum Gasteiger partial charge on any atom is -0.383 e. The molecule has 0 aliphatic carbocycles. The summed E-state index contributed by atoms with van der Waals surface area (Å²) in [6.45, 7) is 1.74. The number of nitrogen functional groups attached to an aromatic ring is 1. The third-order valence-corrected chi connectivity index (χ3v) is 4.77. The van der Waals surface area contributed by atoms with Crippen LogP contribution >= 0.6 is 11.3 Å². The van der Waals surface area contributed by atoms with Gasteiger partial charge in [-0.1, -0.05) is 18.2 Å². The number of rotatable bonds is 2. The second-order valence-corrected chi connectivity index (χ2v) is 6.40. The molecule has 0 atom stereocenters. The molecule has 118 valence electrons. The van der Waals surface area contributed by atoms with E-state index < -0.39 is 0 Å². The zero-order valence-corrected chi connectivity index (χ0v) is 13.6. The number of nitrogens with two attached hydrogens (primary N) is 1. The topological polar surface area (TPSA) is 64.7 Å². The Hall–Kier alpha value is -2.86. The number of halogens is 1. The van der Waals surface area contributed by atoms with Crippen LogP contribution in [-0.4, -0.2) is 15.0 Å². The number of hydrogen-bond acceptors (Lipinski definition) is 5. The first-order valence-electron chi connectivity index (χ1n) is 7.35. The number of anilines is 1. The lowest BCUT2D eigenvalue weighted by Gasteiger charge is -2.11. The predicted molar refractivity (Wildman–Crippen MR) is 95.2 cm³/mol. The second kappa shape index (κ2) is 5.65. The highest BCUT2D eigenvalue weighted by Crippen LogP contribution is 2.36. The molecule has 24 heavy (non-hydrogen) atoms. The van der Waals surface area contributed by atoms with E-state index >= 15 is 0 Å². The Morgan fingerprint density at radius 2 is 2.00 bits per heavy atom. The quantitative estimate of drug-likeness (QED) is 0.587. The lowest BCUT2D eigenvalue weighted by Crippen LogP contribution is -1.98. The Balaban J connectivity index is 2.06. The molecule has 6 heteroatoms. The third-order valence-electron chi connectivity index (χ3n) is 3.89. The number of aromatic nitrogens is 3. The van der Waals surface area contributed by atoms with E-state index in [1.54, 1.807) is 24.3 Å². The second-order valence-electron chi connectivity index (χ2n) is 5.46. The van der Waals surface area contributed by atoms with Gasteiger partial charge in [0, 0.05) is 5.56 Å². The van der Waals surface area contributed by atoms with Crippen LogP contribution in [0, 0.1) is 12.7 Å². The van der Waals surface area contributed by atoms with Gasteiger partial charge < -0.3 is 5.73 Å². The van der Waals surface area contributed by atoms with Crippen molar-refractivity contribution in [2.24, 2.45) is 0 Å². The highest BCUT2D eigenvalue weighted by atomic mass is 32.1. The Kier molecular flexibility index (Phi) is 3.46. The van der Waals surface area contributed by atoms with E-state index in [4.69, 9.17) is 5.73 Å². The van der Waals surface area contributed by atoms with E-state index in [0.717, 1.165) is 21.7 Å². The van der Waals surface area contributed by atoms with Crippen molar-refractivity contribution in [1.82, 2.24) is 15.0 Å². The van der Waals surface area contributed by atoms with Crippen LogP contribution in [0.15, 0.2) is 48.1 Å². The maximum absolute atomic E-state index is 14.1. The highest BCUT2D eigenvalue weighted by molar-refractivity contribution is 7.13. The first-order chi connectivity index (χ1) is 11.6. The van der Waals surface area contributed by atoms with Gasteiger partial charge in [0.1, 0.15) is 18.0 Å². The summed E-state index contributed by atoms with van der Waals surface area (Å²) in [5, 5.41) is 2.64. The van der Waals surface area contributed by atoms with Crippen LogP contribution < -0.4 is 5.73 Å². The van der Waals surface area contributed by atoms with Crippen molar-refractivity contribution in [3.8, 4) is 21.7 Å². The van der Waals surface area contributed by atoms with Gasteiger partial charge in [-0.25, -0.2) is 19.3 Å². The number of nitrogens with zero attached hydrogens (tertiary/aromatic N) is 3. The third kappa shape index (κ3) is 2.41. The molecule has 4 nitrogen and oxygen atoms in total. The highest BCUT2D eigenvalue weighted by Gasteiger charge is 2.15. The van der Waals surface area contributed by atoms with E-state index in [0.29, 0.717) is 22.4 Å². The van der Waals surface area contributed by atoms with E-state index in [-0.39, 0.29) is 5.82 Å². The van der Waals surface area contributed by atoms with Crippen molar-refractivity contribution in [2.75, 3.05) is 5.73 Å². The number of hydrogen-bond donors (Lipinski definition) is 1. The van der Waals surface area contributed by atoms with Crippen LogP contribution in [-0.2, 0) is 0 Å². The molecule has 4 aromatic rings. The van der Waals surface area contributed by atoms with Gasteiger partial charge in [-0.15, -0.1) is 11.3 Å². The molecule has 0 fully saturated rings. The molecule has 4 rings (SSSR count). The largest absolute Gasteiger partial charge is 0.383 e. The Morgan fingerprint density at radius 3 is 2.75 bits per heavy atom. The number of aryl methyl sites for hydroxylation is 1. The Bertz CT molecular complexity index is 1040. The molecular formula is C18H13FN4S. The fraction of sp³-hybridized carbons (Fsp3) is 0.0556. The summed E-state index contributed by atoms with van der Waals surface area (Å²) >= 11 is 1.57. The molecule has 0 spiro atoms. The number of benzene rings is 1. The van der Waals surface area contributed by atoms with E-state index in [9.17, 15) is 4.39 Å². The van der Waals surface area contributed by atoms with Crippen LogP contribution in [0.3, 0.4) is 0 Å². The molecule has 2 N–H and O–H groups in total. The van der Waals surface area contributed by atoms with Gasteiger partial charge in [0.25, 0.3) is 0 Å². The van der Waals surface area contributed by atoms with Crippen molar-refractivity contribution in [3.05, 3.63) is 59.5 Å². The van der Waals surface area contributed by atoms with Gasteiger partial charge in [-0.05, 0) is 41.6 Å². The van der Waals surface area contributed by atoms with Gasteiger partial charge in [-0.3, -0.25) is 0 Å². The van der Waals surface area contributed by atoms with Crippen LogP contribution in [0.25, 0.3) is 32.7 Å². The lowest BCUT2D eigenvalue weighted by molar-refractivity contribution is 0.619. The van der Waals surface area contributed by atoms with Crippen molar-refractivity contribution >= 4 is 28.2 Å². The first-order valence-corrected chi connectivity index (χ1v) is 8.23. The standard InChI is InChI=1S/C18H13FN4S/c1-10-4-5-11(7-14(10)19)12-8-13-17(20)21-9-22-18(13)23-16(12)15-3-2-6-24-15/h2-9H,1H3,(H2,20,21,22,23). The molecular weight excluding hydrogens is 323 g/mol. The zero-order chi connectivity index (χ0) is 16.7. The first kappa shape index (κ1) is 14.7. The molecule has 0 amide bonds. The average Bonchev–Trinajstić information content (AvgIpc) is 3.11. The Morgan fingerprint density at radius 1 is 1.12 bits per heavy atom. The van der Waals surface area contributed by atoms with Gasteiger partial charge in [-0.2, -0.15) is 0 Å². The minimum atomic E-state index is -0.248. The summed E-state index contributed by atoms with van der Waals surface area (Å²) < 4.78 is 14.1. The normalized spacial score (nSPS) is 11.1. The maximum atomic E-state index is 14.1.